The second-order valence-corrected chi connectivity index (χ2v) is 4.36. The monoisotopic (exact) mass is 235 g/mol. The molecule has 1 rings (SSSR count). The van der Waals surface area contributed by atoms with Crippen molar-refractivity contribution in [2.24, 2.45) is 0 Å². The van der Waals surface area contributed by atoms with Crippen LogP contribution in [-0.4, -0.2) is 18.6 Å². The van der Waals surface area contributed by atoms with E-state index in [1.54, 1.807) is 0 Å². The smallest absolute Gasteiger partial charge is 0.328 e. The first kappa shape index (κ1) is 13.6. The lowest BCUT2D eigenvalue weighted by molar-refractivity contribution is -0.143. The van der Waals surface area contributed by atoms with Gasteiger partial charge in [0.15, 0.2) is 0 Å². The summed E-state index contributed by atoms with van der Waals surface area (Å²) in [5, 5.41) is 3.20. The van der Waals surface area contributed by atoms with Gasteiger partial charge >= 0.3 is 5.97 Å². The third-order valence-electron chi connectivity index (χ3n) is 2.59. The van der Waals surface area contributed by atoms with E-state index in [-0.39, 0.29) is 12.0 Å². The molecule has 0 unspecified atom stereocenters. The highest BCUT2D eigenvalue weighted by molar-refractivity contribution is 5.79. The second-order valence-electron chi connectivity index (χ2n) is 4.36. The molecule has 1 aromatic rings. The number of esters is 1. The molecule has 0 aromatic heterocycles. The van der Waals surface area contributed by atoms with Crippen LogP contribution in [0, 0.1) is 0 Å². The van der Waals surface area contributed by atoms with Crippen molar-refractivity contribution in [1.82, 2.24) is 0 Å². The standard InChI is InChI=1S/C14H21NO2/c1-5-17-14(16)11(4)15-13-9-7-6-8-12(13)10(2)3/h6-11,15H,5H2,1-4H3/t11-/m0/s1. The van der Waals surface area contributed by atoms with Gasteiger partial charge in [0.2, 0.25) is 0 Å². The van der Waals surface area contributed by atoms with Crippen LogP contribution >= 0.6 is 0 Å². The normalized spacial score (nSPS) is 12.3. The van der Waals surface area contributed by atoms with Crippen LogP contribution in [0.25, 0.3) is 0 Å². The lowest BCUT2D eigenvalue weighted by Crippen LogP contribution is -2.28. The Kier molecular flexibility index (Phi) is 5.01. The van der Waals surface area contributed by atoms with Gasteiger partial charge in [-0.1, -0.05) is 32.0 Å². The minimum absolute atomic E-state index is 0.217. The predicted octanol–water partition coefficient (Wildman–Crippen LogP) is 3.17. The van der Waals surface area contributed by atoms with Gasteiger partial charge in [0, 0.05) is 5.69 Å². The van der Waals surface area contributed by atoms with Gasteiger partial charge in [-0.05, 0) is 31.4 Å². The van der Waals surface area contributed by atoms with Gasteiger partial charge in [-0.25, -0.2) is 4.79 Å². The lowest BCUT2D eigenvalue weighted by atomic mass is 10.0. The molecule has 3 heteroatoms. The summed E-state index contributed by atoms with van der Waals surface area (Å²) in [7, 11) is 0. The van der Waals surface area contributed by atoms with Gasteiger partial charge < -0.3 is 10.1 Å². The molecular formula is C14H21NO2. The van der Waals surface area contributed by atoms with E-state index in [4.69, 9.17) is 4.74 Å². The first-order valence-corrected chi connectivity index (χ1v) is 6.08. The van der Waals surface area contributed by atoms with Crippen molar-refractivity contribution in [1.29, 1.82) is 0 Å². The largest absolute Gasteiger partial charge is 0.464 e. The molecule has 3 nitrogen and oxygen atoms in total. The van der Waals surface area contributed by atoms with Crippen LogP contribution in [0.15, 0.2) is 24.3 Å². The summed E-state index contributed by atoms with van der Waals surface area (Å²) < 4.78 is 4.97. The van der Waals surface area contributed by atoms with E-state index in [2.05, 4.69) is 25.2 Å². The van der Waals surface area contributed by atoms with Gasteiger partial charge in [0.25, 0.3) is 0 Å². The van der Waals surface area contributed by atoms with Crippen LogP contribution in [0.5, 0.6) is 0 Å². The number of carbonyl (C=O) groups is 1. The summed E-state index contributed by atoms with van der Waals surface area (Å²) in [6, 6.07) is 7.72. The molecule has 0 spiro atoms. The maximum absolute atomic E-state index is 11.5. The Morgan fingerprint density at radius 3 is 2.53 bits per heavy atom. The third kappa shape index (κ3) is 3.77. The van der Waals surface area contributed by atoms with E-state index in [1.807, 2.05) is 32.0 Å². The number of para-hydroxylation sites is 1. The van der Waals surface area contributed by atoms with Crippen LogP contribution in [-0.2, 0) is 9.53 Å². The van der Waals surface area contributed by atoms with E-state index < -0.39 is 0 Å². The summed E-state index contributed by atoms with van der Waals surface area (Å²) in [6.07, 6.45) is 0. The Morgan fingerprint density at radius 2 is 1.94 bits per heavy atom. The maximum atomic E-state index is 11.5. The Bertz CT molecular complexity index is 374. The molecule has 0 aliphatic rings. The molecule has 0 fully saturated rings. The fourth-order valence-corrected chi connectivity index (χ4v) is 1.69. The zero-order valence-electron chi connectivity index (χ0n) is 11.0. The van der Waals surface area contributed by atoms with Gasteiger partial charge in [-0.3, -0.25) is 0 Å². The number of hydrogen-bond acceptors (Lipinski definition) is 3. The Morgan fingerprint density at radius 1 is 1.29 bits per heavy atom. The Hall–Kier alpha value is -1.51. The molecule has 1 atom stereocenters. The molecule has 94 valence electrons. The fourth-order valence-electron chi connectivity index (χ4n) is 1.69. The summed E-state index contributed by atoms with van der Waals surface area (Å²) in [4.78, 5) is 11.5. The Labute approximate surface area is 103 Å². The van der Waals surface area contributed by atoms with Gasteiger partial charge in [-0.2, -0.15) is 0 Å². The number of carbonyl (C=O) groups excluding carboxylic acids is 1. The van der Waals surface area contributed by atoms with Crippen molar-refractivity contribution in [3.8, 4) is 0 Å². The molecule has 0 aliphatic carbocycles. The third-order valence-corrected chi connectivity index (χ3v) is 2.59. The van der Waals surface area contributed by atoms with Gasteiger partial charge in [0.05, 0.1) is 6.61 Å². The van der Waals surface area contributed by atoms with Crippen molar-refractivity contribution in [2.45, 2.75) is 39.7 Å². The molecule has 0 saturated carbocycles. The van der Waals surface area contributed by atoms with Crippen molar-refractivity contribution in [2.75, 3.05) is 11.9 Å². The quantitative estimate of drug-likeness (QED) is 0.797. The molecule has 1 N–H and O–H groups in total. The molecular weight excluding hydrogens is 214 g/mol. The number of anilines is 1. The minimum Gasteiger partial charge on any atom is -0.464 e. The molecule has 0 amide bonds. The SMILES string of the molecule is CCOC(=O)[C@H](C)Nc1ccccc1C(C)C. The first-order valence-electron chi connectivity index (χ1n) is 6.08. The molecule has 0 radical (unpaired) electrons. The number of hydrogen-bond donors (Lipinski definition) is 1. The van der Waals surface area contributed by atoms with E-state index in [0.717, 1.165) is 5.69 Å². The van der Waals surface area contributed by atoms with Crippen molar-refractivity contribution < 1.29 is 9.53 Å². The average molecular weight is 235 g/mol. The van der Waals surface area contributed by atoms with Crippen LogP contribution in [0.2, 0.25) is 0 Å². The van der Waals surface area contributed by atoms with E-state index in [9.17, 15) is 4.79 Å². The maximum Gasteiger partial charge on any atom is 0.328 e. The number of ether oxygens (including phenoxy) is 1. The highest BCUT2D eigenvalue weighted by Gasteiger charge is 2.15. The second kappa shape index (κ2) is 6.28. The predicted molar refractivity (Wildman–Crippen MR) is 70.2 cm³/mol. The summed E-state index contributed by atoms with van der Waals surface area (Å²) in [5.74, 6) is 0.208. The number of nitrogens with one attached hydrogen (secondary N) is 1. The van der Waals surface area contributed by atoms with Crippen molar-refractivity contribution >= 4 is 11.7 Å². The van der Waals surface area contributed by atoms with Crippen LogP contribution in [0.1, 0.15) is 39.2 Å². The number of benzene rings is 1. The molecule has 0 aliphatic heterocycles. The molecule has 17 heavy (non-hydrogen) atoms. The topological polar surface area (TPSA) is 38.3 Å². The summed E-state index contributed by atoms with van der Waals surface area (Å²) in [6.45, 7) is 8.31. The fraction of sp³-hybridized carbons (Fsp3) is 0.500. The van der Waals surface area contributed by atoms with Gasteiger partial charge in [0.1, 0.15) is 6.04 Å². The first-order chi connectivity index (χ1) is 8.06. The highest BCUT2D eigenvalue weighted by Crippen LogP contribution is 2.24. The van der Waals surface area contributed by atoms with Crippen LogP contribution in [0.3, 0.4) is 0 Å². The van der Waals surface area contributed by atoms with Crippen molar-refractivity contribution in [3.63, 3.8) is 0 Å². The lowest BCUT2D eigenvalue weighted by Gasteiger charge is -2.18. The van der Waals surface area contributed by atoms with E-state index >= 15 is 0 Å². The minimum atomic E-state index is -0.324. The zero-order chi connectivity index (χ0) is 12.8. The van der Waals surface area contributed by atoms with E-state index in [1.165, 1.54) is 5.56 Å². The molecule has 0 bridgehead atoms. The summed E-state index contributed by atoms with van der Waals surface area (Å²) >= 11 is 0. The highest BCUT2D eigenvalue weighted by atomic mass is 16.5. The van der Waals surface area contributed by atoms with Crippen LogP contribution < -0.4 is 5.32 Å². The van der Waals surface area contributed by atoms with Crippen LogP contribution in [0.4, 0.5) is 5.69 Å². The Balaban J connectivity index is 2.77. The average Bonchev–Trinajstić information content (AvgIpc) is 2.29. The van der Waals surface area contributed by atoms with Gasteiger partial charge in [-0.15, -0.1) is 0 Å². The number of rotatable bonds is 5. The van der Waals surface area contributed by atoms with E-state index in [0.29, 0.717) is 12.5 Å². The molecule has 1 aromatic carbocycles. The zero-order valence-corrected chi connectivity index (χ0v) is 11.0. The van der Waals surface area contributed by atoms with Crippen molar-refractivity contribution in [3.05, 3.63) is 29.8 Å². The molecule has 0 saturated heterocycles. The summed E-state index contributed by atoms with van der Waals surface area (Å²) in [5.41, 5.74) is 2.21. The molecule has 0 heterocycles.